The second kappa shape index (κ2) is 10.3. The Morgan fingerprint density at radius 1 is 1.09 bits per heavy atom. The number of benzene rings is 2. The number of para-hydroxylation sites is 1. The van der Waals surface area contributed by atoms with Crippen LogP contribution >= 0.6 is 23.4 Å². The second-order valence-corrected chi connectivity index (χ2v) is 9.06. The van der Waals surface area contributed by atoms with Crippen molar-refractivity contribution in [2.45, 2.75) is 12.8 Å². The number of hydrogen-bond acceptors (Lipinski definition) is 7. The molecule has 2 fully saturated rings. The van der Waals surface area contributed by atoms with Gasteiger partial charge in [-0.25, -0.2) is 4.79 Å². The van der Waals surface area contributed by atoms with Gasteiger partial charge in [0.25, 0.3) is 11.1 Å². The van der Waals surface area contributed by atoms with Gasteiger partial charge in [0.2, 0.25) is 5.91 Å². The van der Waals surface area contributed by atoms with Crippen molar-refractivity contribution in [3.05, 3.63) is 63.5 Å². The van der Waals surface area contributed by atoms with Gasteiger partial charge in [-0.1, -0.05) is 23.7 Å². The van der Waals surface area contributed by atoms with Gasteiger partial charge < -0.3 is 14.4 Å². The van der Waals surface area contributed by atoms with Crippen LogP contribution in [0.1, 0.15) is 28.8 Å². The Balaban J connectivity index is 1.58. The Morgan fingerprint density at radius 2 is 1.79 bits per heavy atom. The van der Waals surface area contributed by atoms with Crippen molar-refractivity contribution in [1.82, 2.24) is 9.80 Å². The molecular weight excluding hydrogens is 480 g/mol. The van der Waals surface area contributed by atoms with E-state index in [1.54, 1.807) is 35.2 Å². The van der Waals surface area contributed by atoms with E-state index >= 15 is 0 Å². The maximum Gasteiger partial charge on any atom is 0.343 e. The van der Waals surface area contributed by atoms with Crippen LogP contribution in [0.25, 0.3) is 6.08 Å². The summed E-state index contributed by atoms with van der Waals surface area (Å²) in [5.41, 5.74) is 0.653. The predicted molar refractivity (Wildman–Crippen MR) is 128 cm³/mol. The summed E-state index contributed by atoms with van der Waals surface area (Å²) in [7, 11) is 1.43. The number of nitrogens with zero attached hydrogens (tertiary/aromatic N) is 2. The number of methoxy groups -OCH3 is 1. The van der Waals surface area contributed by atoms with Crippen molar-refractivity contribution in [1.29, 1.82) is 0 Å². The normalized spacial score (nSPS) is 16.9. The van der Waals surface area contributed by atoms with Crippen LogP contribution in [0.5, 0.6) is 11.5 Å². The highest BCUT2D eigenvalue weighted by Crippen LogP contribution is 2.37. The lowest BCUT2D eigenvalue weighted by molar-refractivity contribution is -0.135. The van der Waals surface area contributed by atoms with Crippen LogP contribution in [0, 0.1) is 0 Å². The molecule has 2 heterocycles. The number of imide groups is 1. The Morgan fingerprint density at radius 3 is 2.47 bits per heavy atom. The smallest absolute Gasteiger partial charge is 0.343 e. The number of carbonyl (C=O) groups is 4. The van der Waals surface area contributed by atoms with Crippen molar-refractivity contribution < 1.29 is 28.7 Å². The molecule has 10 heteroatoms. The van der Waals surface area contributed by atoms with Crippen LogP contribution in [-0.2, 0) is 9.59 Å². The summed E-state index contributed by atoms with van der Waals surface area (Å²) in [6, 6.07) is 11.1. The first kappa shape index (κ1) is 23.8. The largest absolute Gasteiger partial charge is 0.493 e. The van der Waals surface area contributed by atoms with Gasteiger partial charge in [0, 0.05) is 23.7 Å². The summed E-state index contributed by atoms with van der Waals surface area (Å²) >= 11 is 6.61. The molecule has 0 unspecified atom stereocenters. The fourth-order valence-corrected chi connectivity index (χ4v) is 4.59. The average molecular weight is 501 g/mol. The first-order chi connectivity index (χ1) is 16.4. The monoisotopic (exact) mass is 500 g/mol. The molecule has 2 aliphatic heterocycles. The fraction of sp³-hybridized carbons (Fsp3) is 0.250. The zero-order valence-electron chi connectivity index (χ0n) is 18.3. The average Bonchev–Trinajstić information content (AvgIpc) is 3.45. The highest BCUT2D eigenvalue weighted by molar-refractivity contribution is 8.18. The van der Waals surface area contributed by atoms with Crippen LogP contribution in [-0.4, -0.2) is 59.6 Å². The summed E-state index contributed by atoms with van der Waals surface area (Å²) < 4.78 is 10.9. The van der Waals surface area contributed by atoms with Gasteiger partial charge in [-0.2, -0.15) is 0 Å². The van der Waals surface area contributed by atoms with Gasteiger partial charge in [-0.3, -0.25) is 19.3 Å². The second-order valence-electron chi connectivity index (χ2n) is 7.63. The van der Waals surface area contributed by atoms with E-state index in [9.17, 15) is 19.2 Å². The number of amides is 3. The molecular formula is C24H21ClN2O6S. The zero-order chi connectivity index (χ0) is 24.2. The summed E-state index contributed by atoms with van der Waals surface area (Å²) in [4.78, 5) is 53.2. The van der Waals surface area contributed by atoms with E-state index in [1.165, 1.54) is 25.3 Å². The Hall–Kier alpha value is -3.30. The molecule has 0 aliphatic carbocycles. The minimum Gasteiger partial charge on any atom is -0.493 e. The Kier molecular flexibility index (Phi) is 7.23. The SMILES string of the molecule is COc1cccc(/C=C2\SC(=O)N(CC(=O)N3CCCC3)C2=O)c1OC(=O)c1ccc(Cl)cc1. The summed E-state index contributed by atoms with van der Waals surface area (Å²) in [6.07, 6.45) is 3.29. The van der Waals surface area contributed by atoms with E-state index in [4.69, 9.17) is 21.1 Å². The molecule has 176 valence electrons. The van der Waals surface area contributed by atoms with E-state index in [2.05, 4.69) is 0 Å². The number of halogens is 1. The standard InChI is InChI=1S/C24H21ClN2O6S/c1-32-18-6-4-5-16(21(18)33-23(30)15-7-9-17(25)10-8-15)13-19-22(29)27(24(31)34-19)14-20(28)26-11-2-3-12-26/h4-10,13H,2-3,11-12,14H2,1H3/b19-13-. The zero-order valence-corrected chi connectivity index (χ0v) is 19.9. The number of rotatable bonds is 6. The molecule has 0 spiro atoms. The minimum atomic E-state index is -0.639. The number of hydrogen-bond donors (Lipinski definition) is 0. The first-order valence-electron chi connectivity index (χ1n) is 10.6. The fourth-order valence-electron chi connectivity index (χ4n) is 3.63. The molecule has 8 nitrogen and oxygen atoms in total. The van der Waals surface area contributed by atoms with E-state index in [-0.39, 0.29) is 34.4 Å². The molecule has 2 saturated heterocycles. The van der Waals surface area contributed by atoms with Crippen molar-refractivity contribution in [3.63, 3.8) is 0 Å². The number of ether oxygens (including phenoxy) is 2. The van der Waals surface area contributed by atoms with Gasteiger partial charge in [0.15, 0.2) is 11.5 Å². The van der Waals surface area contributed by atoms with E-state index in [0.29, 0.717) is 23.7 Å². The quantitative estimate of drug-likeness (QED) is 0.333. The van der Waals surface area contributed by atoms with Gasteiger partial charge in [0.05, 0.1) is 17.6 Å². The van der Waals surface area contributed by atoms with Crippen molar-refractivity contribution in [2.75, 3.05) is 26.7 Å². The van der Waals surface area contributed by atoms with Crippen molar-refractivity contribution >= 4 is 52.5 Å². The molecule has 2 aromatic rings. The van der Waals surface area contributed by atoms with Crippen LogP contribution in [0.15, 0.2) is 47.4 Å². The van der Waals surface area contributed by atoms with Crippen LogP contribution < -0.4 is 9.47 Å². The van der Waals surface area contributed by atoms with E-state index < -0.39 is 17.1 Å². The Labute approximate surface area is 205 Å². The lowest BCUT2D eigenvalue weighted by atomic mass is 10.1. The number of esters is 1. The highest BCUT2D eigenvalue weighted by Gasteiger charge is 2.37. The lowest BCUT2D eigenvalue weighted by Crippen LogP contribution is -2.40. The third kappa shape index (κ3) is 5.10. The predicted octanol–water partition coefficient (Wildman–Crippen LogP) is 4.23. The molecule has 2 aliphatic rings. The molecule has 0 bridgehead atoms. The van der Waals surface area contributed by atoms with Crippen LogP contribution in [0.3, 0.4) is 0 Å². The van der Waals surface area contributed by atoms with Gasteiger partial charge >= 0.3 is 5.97 Å². The number of carbonyl (C=O) groups excluding carboxylic acids is 4. The number of thioether (sulfide) groups is 1. The molecule has 0 saturated carbocycles. The number of likely N-dealkylation sites (tertiary alicyclic amines) is 1. The van der Waals surface area contributed by atoms with Gasteiger partial charge in [-0.05, 0) is 61.0 Å². The van der Waals surface area contributed by atoms with Crippen LogP contribution in [0.4, 0.5) is 4.79 Å². The van der Waals surface area contributed by atoms with Gasteiger partial charge in [-0.15, -0.1) is 0 Å². The first-order valence-corrected chi connectivity index (χ1v) is 11.7. The molecule has 34 heavy (non-hydrogen) atoms. The highest BCUT2D eigenvalue weighted by atomic mass is 35.5. The molecule has 3 amide bonds. The van der Waals surface area contributed by atoms with E-state index in [1.807, 2.05) is 0 Å². The van der Waals surface area contributed by atoms with E-state index in [0.717, 1.165) is 29.5 Å². The molecule has 0 aromatic heterocycles. The van der Waals surface area contributed by atoms with Crippen LogP contribution in [0.2, 0.25) is 5.02 Å². The topological polar surface area (TPSA) is 93.2 Å². The summed E-state index contributed by atoms with van der Waals surface area (Å²) in [6.45, 7) is 0.979. The lowest BCUT2D eigenvalue weighted by Gasteiger charge is -2.18. The Bertz CT molecular complexity index is 1170. The summed E-state index contributed by atoms with van der Waals surface area (Å²) in [5.74, 6) is -1.08. The molecule has 0 N–H and O–H groups in total. The molecule has 0 radical (unpaired) electrons. The van der Waals surface area contributed by atoms with Crippen molar-refractivity contribution in [2.24, 2.45) is 0 Å². The van der Waals surface area contributed by atoms with Crippen molar-refractivity contribution in [3.8, 4) is 11.5 Å². The molecule has 2 aromatic carbocycles. The van der Waals surface area contributed by atoms with Gasteiger partial charge in [0.1, 0.15) is 6.54 Å². The minimum absolute atomic E-state index is 0.102. The maximum atomic E-state index is 12.9. The summed E-state index contributed by atoms with van der Waals surface area (Å²) in [5, 5.41) is -0.0418. The molecule has 0 atom stereocenters. The maximum absolute atomic E-state index is 12.9. The third-order valence-electron chi connectivity index (χ3n) is 5.42. The third-order valence-corrected chi connectivity index (χ3v) is 6.58. The molecule has 4 rings (SSSR count).